The standard InChI is InChI=1S/C16H15ClN2O2S/c1-9-2-3-13(15-14(9)12(17)6-18-15)19-22-16-11(4-5-21-16)10-7-20-8-10/h2-6,10,18-19H,7-8H2,1H3. The summed E-state index contributed by atoms with van der Waals surface area (Å²) in [5, 5.41) is 2.69. The van der Waals surface area contributed by atoms with Crippen LogP contribution in [0.15, 0.2) is 40.2 Å². The Hall–Kier alpha value is -1.56. The third kappa shape index (κ3) is 2.29. The number of ether oxygens (including phenoxy) is 1. The number of anilines is 1. The SMILES string of the molecule is Cc1ccc(NSc2occc2C2COC2)c2[nH]cc(Cl)c12. The number of aromatic nitrogens is 1. The monoisotopic (exact) mass is 334 g/mol. The molecule has 114 valence electrons. The molecular weight excluding hydrogens is 320 g/mol. The quantitative estimate of drug-likeness (QED) is 0.662. The summed E-state index contributed by atoms with van der Waals surface area (Å²) in [6, 6.07) is 6.13. The van der Waals surface area contributed by atoms with Crippen LogP contribution in [0.25, 0.3) is 10.9 Å². The van der Waals surface area contributed by atoms with E-state index in [-0.39, 0.29) is 0 Å². The van der Waals surface area contributed by atoms with Gasteiger partial charge in [0.05, 0.1) is 35.7 Å². The molecule has 1 fully saturated rings. The van der Waals surface area contributed by atoms with Gasteiger partial charge in [-0.1, -0.05) is 17.7 Å². The van der Waals surface area contributed by atoms with Crippen molar-refractivity contribution in [3.63, 3.8) is 0 Å². The van der Waals surface area contributed by atoms with Gasteiger partial charge >= 0.3 is 0 Å². The molecule has 1 saturated heterocycles. The lowest BCUT2D eigenvalue weighted by molar-refractivity contribution is 0.00672. The average Bonchev–Trinajstić information content (AvgIpc) is 3.05. The van der Waals surface area contributed by atoms with E-state index in [1.807, 2.05) is 18.3 Å². The van der Waals surface area contributed by atoms with Gasteiger partial charge in [-0.05, 0) is 24.6 Å². The third-order valence-corrected chi connectivity index (χ3v) is 5.12. The maximum absolute atomic E-state index is 6.24. The molecule has 4 rings (SSSR count). The van der Waals surface area contributed by atoms with Gasteiger partial charge in [0.25, 0.3) is 0 Å². The van der Waals surface area contributed by atoms with Crippen LogP contribution >= 0.6 is 23.5 Å². The molecule has 22 heavy (non-hydrogen) atoms. The van der Waals surface area contributed by atoms with E-state index in [2.05, 4.69) is 22.7 Å². The highest BCUT2D eigenvalue weighted by Crippen LogP contribution is 2.37. The number of hydrogen-bond acceptors (Lipinski definition) is 4. The zero-order valence-electron chi connectivity index (χ0n) is 12.0. The van der Waals surface area contributed by atoms with Crippen molar-refractivity contribution in [2.75, 3.05) is 17.9 Å². The Morgan fingerprint density at radius 3 is 2.95 bits per heavy atom. The normalized spacial score (nSPS) is 15.2. The lowest BCUT2D eigenvalue weighted by Gasteiger charge is -2.25. The molecule has 0 spiro atoms. The molecule has 1 aliphatic heterocycles. The summed E-state index contributed by atoms with van der Waals surface area (Å²) in [5.41, 5.74) is 4.36. The molecule has 0 radical (unpaired) electrons. The molecule has 0 amide bonds. The summed E-state index contributed by atoms with van der Waals surface area (Å²) in [7, 11) is 0. The fraction of sp³-hybridized carbons (Fsp3) is 0.250. The minimum Gasteiger partial charge on any atom is -0.456 e. The number of benzene rings is 1. The number of rotatable bonds is 4. The van der Waals surface area contributed by atoms with Gasteiger partial charge in [0.2, 0.25) is 0 Å². The number of nitrogens with one attached hydrogen (secondary N) is 2. The van der Waals surface area contributed by atoms with Crippen LogP contribution in [0, 0.1) is 6.92 Å². The molecule has 0 bridgehead atoms. The van der Waals surface area contributed by atoms with E-state index >= 15 is 0 Å². The van der Waals surface area contributed by atoms with Crippen LogP contribution < -0.4 is 4.72 Å². The van der Waals surface area contributed by atoms with E-state index in [1.54, 1.807) is 6.26 Å². The summed E-state index contributed by atoms with van der Waals surface area (Å²) >= 11 is 7.72. The molecule has 3 aromatic rings. The first-order valence-electron chi connectivity index (χ1n) is 7.08. The van der Waals surface area contributed by atoms with Gasteiger partial charge in [-0.15, -0.1) is 0 Å². The van der Waals surface area contributed by atoms with Gasteiger partial charge in [0, 0.05) is 35.0 Å². The highest BCUT2D eigenvalue weighted by atomic mass is 35.5. The summed E-state index contributed by atoms with van der Waals surface area (Å²) in [6.45, 7) is 3.60. The summed E-state index contributed by atoms with van der Waals surface area (Å²) in [6.07, 6.45) is 3.55. The number of fused-ring (bicyclic) bond motifs is 1. The lowest BCUT2D eigenvalue weighted by atomic mass is 10.0. The molecule has 0 aliphatic carbocycles. The molecule has 3 heterocycles. The second kappa shape index (κ2) is 5.57. The average molecular weight is 335 g/mol. The van der Waals surface area contributed by atoms with Crippen LogP contribution in [-0.4, -0.2) is 18.2 Å². The first kappa shape index (κ1) is 14.1. The van der Waals surface area contributed by atoms with E-state index in [4.69, 9.17) is 20.8 Å². The Bertz CT molecular complexity index is 823. The predicted octanol–water partition coefficient (Wildman–Crippen LogP) is 4.96. The Labute approximate surface area is 137 Å². The summed E-state index contributed by atoms with van der Waals surface area (Å²) < 4.78 is 14.2. The second-order valence-electron chi connectivity index (χ2n) is 5.42. The number of aromatic amines is 1. The van der Waals surface area contributed by atoms with Gasteiger partial charge < -0.3 is 18.9 Å². The molecule has 0 unspecified atom stereocenters. The summed E-state index contributed by atoms with van der Waals surface area (Å²) in [5.74, 6) is 0.445. The molecule has 4 nitrogen and oxygen atoms in total. The third-order valence-electron chi connectivity index (χ3n) is 3.99. The largest absolute Gasteiger partial charge is 0.456 e. The maximum Gasteiger partial charge on any atom is 0.183 e. The Kier molecular flexibility index (Phi) is 3.56. The number of aryl methyl sites for hydroxylation is 1. The molecule has 6 heteroatoms. The van der Waals surface area contributed by atoms with Crippen LogP contribution in [-0.2, 0) is 4.74 Å². The topological polar surface area (TPSA) is 50.2 Å². The Morgan fingerprint density at radius 2 is 2.18 bits per heavy atom. The van der Waals surface area contributed by atoms with Gasteiger partial charge in [-0.3, -0.25) is 0 Å². The molecule has 1 aromatic carbocycles. The first-order valence-corrected chi connectivity index (χ1v) is 8.27. The second-order valence-corrected chi connectivity index (χ2v) is 6.60. The minimum absolute atomic E-state index is 0.445. The zero-order chi connectivity index (χ0) is 15.1. The van der Waals surface area contributed by atoms with E-state index in [0.29, 0.717) is 5.92 Å². The molecule has 1 aliphatic rings. The van der Waals surface area contributed by atoms with Crippen LogP contribution in [0.3, 0.4) is 0 Å². The van der Waals surface area contributed by atoms with Crippen LogP contribution in [0.4, 0.5) is 5.69 Å². The van der Waals surface area contributed by atoms with E-state index in [0.717, 1.165) is 45.5 Å². The van der Waals surface area contributed by atoms with Crippen molar-refractivity contribution in [2.24, 2.45) is 0 Å². The van der Waals surface area contributed by atoms with E-state index < -0.39 is 0 Å². The van der Waals surface area contributed by atoms with Crippen LogP contribution in [0.1, 0.15) is 17.0 Å². The van der Waals surface area contributed by atoms with Crippen molar-refractivity contribution in [1.82, 2.24) is 4.98 Å². The first-order chi connectivity index (χ1) is 10.7. The fourth-order valence-corrected chi connectivity index (χ4v) is 3.79. The highest BCUT2D eigenvalue weighted by Gasteiger charge is 2.25. The summed E-state index contributed by atoms with van der Waals surface area (Å²) in [4.78, 5) is 3.23. The molecular formula is C16H15ClN2O2S. The van der Waals surface area contributed by atoms with Crippen molar-refractivity contribution in [2.45, 2.75) is 17.9 Å². The number of halogens is 1. The van der Waals surface area contributed by atoms with Crippen LogP contribution in [0.5, 0.6) is 0 Å². The van der Waals surface area contributed by atoms with Crippen molar-refractivity contribution >= 4 is 40.1 Å². The number of H-pyrrole nitrogens is 1. The zero-order valence-corrected chi connectivity index (χ0v) is 13.6. The Morgan fingerprint density at radius 1 is 1.32 bits per heavy atom. The number of hydrogen-bond donors (Lipinski definition) is 2. The minimum atomic E-state index is 0.445. The van der Waals surface area contributed by atoms with Crippen LogP contribution in [0.2, 0.25) is 5.02 Å². The van der Waals surface area contributed by atoms with E-state index in [9.17, 15) is 0 Å². The van der Waals surface area contributed by atoms with Crippen molar-refractivity contribution < 1.29 is 9.15 Å². The maximum atomic E-state index is 6.24. The molecule has 2 aromatic heterocycles. The fourth-order valence-electron chi connectivity index (χ4n) is 2.66. The highest BCUT2D eigenvalue weighted by molar-refractivity contribution is 8.00. The smallest absolute Gasteiger partial charge is 0.183 e. The van der Waals surface area contributed by atoms with Gasteiger partial charge in [0.15, 0.2) is 5.09 Å². The van der Waals surface area contributed by atoms with E-state index in [1.165, 1.54) is 17.5 Å². The van der Waals surface area contributed by atoms with Crippen molar-refractivity contribution in [1.29, 1.82) is 0 Å². The predicted molar refractivity (Wildman–Crippen MR) is 89.8 cm³/mol. The Balaban J connectivity index is 1.60. The van der Waals surface area contributed by atoms with Gasteiger partial charge in [0.1, 0.15) is 0 Å². The number of furan rings is 1. The van der Waals surface area contributed by atoms with Crippen molar-refractivity contribution in [3.05, 3.63) is 46.8 Å². The van der Waals surface area contributed by atoms with Gasteiger partial charge in [-0.25, -0.2) is 0 Å². The molecule has 2 N–H and O–H groups in total. The molecule has 0 saturated carbocycles. The van der Waals surface area contributed by atoms with Crippen molar-refractivity contribution in [3.8, 4) is 0 Å². The molecule has 0 atom stereocenters. The lowest BCUT2D eigenvalue weighted by Crippen LogP contribution is -2.25. The van der Waals surface area contributed by atoms with Gasteiger partial charge in [-0.2, -0.15) is 0 Å².